The topological polar surface area (TPSA) is 56.3 Å². The van der Waals surface area contributed by atoms with E-state index in [1.54, 1.807) is 0 Å². The fraction of sp³-hybridized carbons (Fsp3) is 0.500. The second kappa shape index (κ2) is 8.95. The van der Waals surface area contributed by atoms with Gasteiger partial charge in [-0.3, -0.25) is 0 Å². The summed E-state index contributed by atoms with van der Waals surface area (Å²) in [5.41, 5.74) is 2.74. The number of nitrogens with zero attached hydrogens (tertiary/aromatic N) is 4. The summed E-state index contributed by atoms with van der Waals surface area (Å²) in [5, 5.41) is 6.97. The molecule has 0 saturated carbocycles. The fourth-order valence-electron chi connectivity index (χ4n) is 4.00. The first-order chi connectivity index (χ1) is 14.1. The zero-order valence-electron chi connectivity index (χ0n) is 17.3. The summed E-state index contributed by atoms with van der Waals surface area (Å²) in [6.07, 6.45) is 5.02. The van der Waals surface area contributed by atoms with Gasteiger partial charge in [0.1, 0.15) is 11.6 Å². The minimum atomic E-state index is 0.261. The van der Waals surface area contributed by atoms with Crippen LogP contribution in [-0.2, 0) is 13.1 Å². The van der Waals surface area contributed by atoms with Gasteiger partial charge < -0.3 is 20.4 Å². The van der Waals surface area contributed by atoms with Gasteiger partial charge in [-0.25, -0.2) is 0 Å². The quantitative estimate of drug-likeness (QED) is 0.737. The molecule has 0 bridgehead atoms. The van der Waals surface area contributed by atoms with Crippen molar-refractivity contribution in [1.82, 2.24) is 15.3 Å². The summed E-state index contributed by atoms with van der Waals surface area (Å²) in [4.78, 5) is 14.3. The van der Waals surface area contributed by atoms with Gasteiger partial charge in [-0.15, -0.1) is 0 Å². The maximum Gasteiger partial charge on any atom is 0.232 e. The lowest BCUT2D eigenvalue weighted by atomic mass is 10.1. The molecule has 1 saturated heterocycles. The standard InChI is InChI=1S/C22H30N6S/c1-16(2)23-22(29)26-21-24-19(27-11-7-3-4-8-12-27)13-20(25-21)28-14-17-9-5-6-10-18(17)15-28/h5-6,9-10,13,16H,3-4,7-8,11-12,14-15H2,1-2H3,(H2,23,24,25,26,29). The molecule has 1 aromatic carbocycles. The van der Waals surface area contributed by atoms with Gasteiger partial charge in [0.15, 0.2) is 5.11 Å². The lowest BCUT2D eigenvalue weighted by Gasteiger charge is -2.25. The summed E-state index contributed by atoms with van der Waals surface area (Å²) < 4.78 is 0. The number of anilines is 3. The van der Waals surface area contributed by atoms with Crippen LogP contribution in [0, 0.1) is 0 Å². The first-order valence-corrected chi connectivity index (χ1v) is 11.0. The molecule has 0 aliphatic carbocycles. The predicted octanol–water partition coefficient (Wildman–Crippen LogP) is 4.07. The number of rotatable bonds is 4. The van der Waals surface area contributed by atoms with Crippen molar-refractivity contribution < 1.29 is 0 Å². The van der Waals surface area contributed by atoms with Crippen LogP contribution >= 0.6 is 12.2 Å². The number of aromatic nitrogens is 2. The Kier molecular flexibility index (Phi) is 6.13. The van der Waals surface area contributed by atoms with Gasteiger partial charge >= 0.3 is 0 Å². The van der Waals surface area contributed by atoms with E-state index in [4.69, 9.17) is 22.2 Å². The fourth-order valence-corrected chi connectivity index (χ4v) is 4.32. The van der Waals surface area contributed by atoms with Crippen LogP contribution in [0.2, 0.25) is 0 Å². The molecule has 1 fully saturated rings. The molecule has 154 valence electrons. The van der Waals surface area contributed by atoms with Gasteiger partial charge in [0.25, 0.3) is 0 Å². The Morgan fingerprint density at radius 3 is 2.10 bits per heavy atom. The molecule has 2 aromatic rings. The maximum absolute atomic E-state index is 5.44. The van der Waals surface area contributed by atoms with Gasteiger partial charge in [0, 0.05) is 38.3 Å². The Hall–Kier alpha value is -2.41. The number of fused-ring (bicyclic) bond motifs is 1. The number of hydrogen-bond acceptors (Lipinski definition) is 5. The highest BCUT2D eigenvalue weighted by molar-refractivity contribution is 7.80. The van der Waals surface area contributed by atoms with E-state index in [2.05, 4.69) is 64.6 Å². The van der Waals surface area contributed by atoms with Crippen molar-refractivity contribution in [1.29, 1.82) is 0 Å². The largest absolute Gasteiger partial charge is 0.360 e. The molecule has 2 N–H and O–H groups in total. The number of nitrogens with one attached hydrogen (secondary N) is 2. The molecule has 4 rings (SSSR count). The number of thiocarbonyl (C=S) groups is 1. The van der Waals surface area contributed by atoms with Crippen molar-refractivity contribution in [3.8, 4) is 0 Å². The Morgan fingerprint density at radius 2 is 1.52 bits per heavy atom. The first kappa shape index (κ1) is 19.9. The van der Waals surface area contributed by atoms with Crippen LogP contribution in [-0.4, -0.2) is 34.2 Å². The van der Waals surface area contributed by atoms with E-state index in [1.165, 1.54) is 36.8 Å². The Bertz CT molecular complexity index is 835. The SMILES string of the molecule is CC(C)NC(=S)Nc1nc(N2CCCCCC2)cc(N2Cc3ccccc3C2)n1. The molecule has 2 aliphatic heterocycles. The molecule has 6 nitrogen and oxygen atoms in total. The van der Waals surface area contributed by atoms with Crippen LogP contribution in [0.25, 0.3) is 0 Å². The van der Waals surface area contributed by atoms with Gasteiger partial charge in [-0.05, 0) is 50.0 Å². The van der Waals surface area contributed by atoms with Gasteiger partial charge in [0.2, 0.25) is 5.95 Å². The van der Waals surface area contributed by atoms with Crippen molar-refractivity contribution in [2.75, 3.05) is 28.2 Å². The van der Waals surface area contributed by atoms with Crippen LogP contribution in [0.1, 0.15) is 50.7 Å². The minimum absolute atomic E-state index is 0.261. The summed E-state index contributed by atoms with van der Waals surface area (Å²) in [5.74, 6) is 2.50. The molecular weight excluding hydrogens is 380 g/mol. The smallest absolute Gasteiger partial charge is 0.232 e. The Morgan fingerprint density at radius 1 is 0.931 bits per heavy atom. The first-order valence-electron chi connectivity index (χ1n) is 10.6. The average Bonchev–Trinajstić information content (AvgIpc) is 2.93. The highest BCUT2D eigenvalue weighted by atomic mass is 32.1. The van der Waals surface area contributed by atoms with E-state index in [1.807, 2.05) is 0 Å². The zero-order valence-corrected chi connectivity index (χ0v) is 18.1. The maximum atomic E-state index is 5.44. The minimum Gasteiger partial charge on any atom is -0.360 e. The average molecular weight is 411 g/mol. The molecule has 3 heterocycles. The van der Waals surface area contributed by atoms with Crippen molar-refractivity contribution in [3.05, 3.63) is 41.5 Å². The van der Waals surface area contributed by atoms with Crippen LogP contribution in [0.5, 0.6) is 0 Å². The van der Waals surface area contributed by atoms with E-state index in [0.717, 1.165) is 37.8 Å². The lowest BCUT2D eigenvalue weighted by Crippen LogP contribution is -2.35. The van der Waals surface area contributed by atoms with Crippen molar-refractivity contribution in [3.63, 3.8) is 0 Å². The van der Waals surface area contributed by atoms with Crippen molar-refractivity contribution in [2.45, 2.75) is 58.7 Å². The van der Waals surface area contributed by atoms with Crippen LogP contribution in [0.15, 0.2) is 30.3 Å². The van der Waals surface area contributed by atoms with E-state index < -0.39 is 0 Å². The summed E-state index contributed by atoms with van der Waals surface area (Å²) in [6, 6.07) is 11.0. The molecule has 0 spiro atoms. The van der Waals surface area contributed by atoms with Crippen molar-refractivity contribution >= 4 is 34.9 Å². The predicted molar refractivity (Wildman–Crippen MR) is 124 cm³/mol. The molecule has 0 unspecified atom stereocenters. The van der Waals surface area contributed by atoms with Crippen LogP contribution < -0.4 is 20.4 Å². The third-order valence-corrected chi connectivity index (χ3v) is 5.66. The van der Waals surface area contributed by atoms with Crippen molar-refractivity contribution in [2.24, 2.45) is 0 Å². The summed E-state index contributed by atoms with van der Waals surface area (Å²) >= 11 is 5.44. The molecule has 29 heavy (non-hydrogen) atoms. The molecule has 0 atom stereocenters. The molecule has 2 aliphatic rings. The van der Waals surface area contributed by atoms with Gasteiger partial charge in [-0.2, -0.15) is 9.97 Å². The van der Waals surface area contributed by atoms with E-state index >= 15 is 0 Å². The highest BCUT2D eigenvalue weighted by Gasteiger charge is 2.22. The molecule has 0 radical (unpaired) electrons. The number of benzene rings is 1. The summed E-state index contributed by atoms with van der Waals surface area (Å²) in [7, 11) is 0. The van der Waals surface area contributed by atoms with E-state index in [0.29, 0.717) is 11.1 Å². The number of hydrogen-bond donors (Lipinski definition) is 2. The monoisotopic (exact) mass is 410 g/mol. The van der Waals surface area contributed by atoms with E-state index in [9.17, 15) is 0 Å². The Balaban J connectivity index is 1.62. The normalized spacial score (nSPS) is 16.5. The van der Waals surface area contributed by atoms with Crippen LogP contribution in [0.4, 0.5) is 17.6 Å². The lowest BCUT2D eigenvalue weighted by molar-refractivity contribution is 0.726. The molecule has 7 heteroatoms. The second-order valence-corrected chi connectivity index (χ2v) is 8.60. The third-order valence-electron chi connectivity index (χ3n) is 5.44. The van der Waals surface area contributed by atoms with Crippen LogP contribution in [0.3, 0.4) is 0 Å². The highest BCUT2D eigenvalue weighted by Crippen LogP contribution is 2.30. The van der Waals surface area contributed by atoms with Gasteiger partial charge in [0.05, 0.1) is 0 Å². The Labute approximate surface area is 178 Å². The summed E-state index contributed by atoms with van der Waals surface area (Å²) in [6.45, 7) is 7.97. The molecule has 0 amide bonds. The van der Waals surface area contributed by atoms with E-state index in [-0.39, 0.29) is 6.04 Å². The third kappa shape index (κ3) is 4.96. The molecule has 1 aromatic heterocycles. The zero-order chi connectivity index (χ0) is 20.2. The van der Waals surface area contributed by atoms with Gasteiger partial charge in [-0.1, -0.05) is 37.1 Å². The second-order valence-electron chi connectivity index (χ2n) is 8.19. The molecular formula is C22H30N6S.